The number of hydrogen-bond acceptors (Lipinski definition) is 2. The summed E-state index contributed by atoms with van der Waals surface area (Å²) in [6.45, 7) is 6.81. The van der Waals surface area contributed by atoms with E-state index in [1.165, 1.54) is 7.11 Å². The molecular weight excluding hydrogens is 253 g/mol. The third kappa shape index (κ3) is 2.83. The summed E-state index contributed by atoms with van der Waals surface area (Å²) in [6, 6.07) is 5.26. The van der Waals surface area contributed by atoms with E-state index in [2.05, 4.69) is 20.8 Å². The molecule has 2 N–H and O–H groups in total. The van der Waals surface area contributed by atoms with Crippen molar-refractivity contribution in [2.45, 2.75) is 52.0 Å². The normalized spacial score (nSPS) is 27.4. The molecule has 0 amide bonds. The maximum Gasteiger partial charge on any atom is 0.170 e. The molecule has 0 radical (unpaired) electrons. The van der Waals surface area contributed by atoms with Gasteiger partial charge in [0.2, 0.25) is 0 Å². The van der Waals surface area contributed by atoms with Crippen molar-refractivity contribution in [2.75, 3.05) is 7.11 Å². The number of halogens is 1. The largest absolute Gasteiger partial charge is 0.494 e. The fourth-order valence-electron chi connectivity index (χ4n) is 3.32. The maximum absolute atomic E-state index is 14.4. The molecule has 1 fully saturated rings. The van der Waals surface area contributed by atoms with E-state index in [9.17, 15) is 4.39 Å². The van der Waals surface area contributed by atoms with Gasteiger partial charge in [-0.15, -0.1) is 0 Å². The molecule has 1 saturated carbocycles. The molecule has 0 bridgehead atoms. The van der Waals surface area contributed by atoms with Crippen LogP contribution in [0.15, 0.2) is 18.2 Å². The lowest BCUT2D eigenvalue weighted by Crippen LogP contribution is -2.43. The van der Waals surface area contributed by atoms with Crippen LogP contribution in [0.4, 0.5) is 4.39 Å². The predicted octanol–water partition coefficient (Wildman–Crippen LogP) is 4.22. The summed E-state index contributed by atoms with van der Waals surface area (Å²) < 4.78 is 19.5. The topological polar surface area (TPSA) is 35.2 Å². The highest BCUT2D eigenvalue weighted by Crippen LogP contribution is 2.45. The Morgan fingerprint density at radius 3 is 2.35 bits per heavy atom. The molecule has 112 valence electrons. The molecule has 2 rings (SSSR count). The first-order valence-electron chi connectivity index (χ1n) is 7.40. The lowest BCUT2D eigenvalue weighted by molar-refractivity contribution is 0.132. The van der Waals surface area contributed by atoms with Gasteiger partial charge >= 0.3 is 0 Å². The Morgan fingerprint density at radius 2 is 1.85 bits per heavy atom. The van der Waals surface area contributed by atoms with E-state index in [-0.39, 0.29) is 11.6 Å². The number of rotatable bonds is 2. The predicted molar refractivity (Wildman–Crippen MR) is 80.2 cm³/mol. The molecule has 0 aliphatic heterocycles. The molecule has 3 heteroatoms. The first kappa shape index (κ1) is 15.3. The molecule has 20 heavy (non-hydrogen) atoms. The summed E-state index contributed by atoms with van der Waals surface area (Å²) in [6.07, 6.45) is 3.77. The van der Waals surface area contributed by atoms with Gasteiger partial charge in [-0.2, -0.15) is 0 Å². The number of nitrogens with two attached hydrogens (primary N) is 1. The van der Waals surface area contributed by atoms with E-state index in [0.29, 0.717) is 16.9 Å². The van der Waals surface area contributed by atoms with Crippen molar-refractivity contribution < 1.29 is 9.13 Å². The minimum atomic E-state index is -0.555. The highest BCUT2D eigenvalue weighted by Gasteiger charge is 2.39. The third-order valence-corrected chi connectivity index (χ3v) is 4.82. The second-order valence-electron chi connectivity index (χ2n) is 7.12. The van der Waals surface area contributed by atoms with Crippen LogP contribution >= 0.6 is 0 Å². The van der Waals surface area contributed by atoms with Crippen molar-refractivity contribution >= 4 is 0 Å². The molecule has 2 nitrogen and oxygen atoms in total. The van der Waals surface area contributed by atoms with Gasteiger partial charge in [0.25, 0.3) is 0 Å². The summed E-state index contributed by atoms with van der Waals surface area (Å²) in [7, 11) is 1.49. The Kier molecular flexibility index (Phi) is 4.10. The minimum Gasteiger partial charge on any atom is -0.494 e. The molecular formula is C17H26FNO. The van der Waals surface area contributed by atoms with Gasteiger partial charge in [0.1, 0.15) is 0 Å². The lowest BCUT2D eigenvalue weighted by Gasteiger charge is -2.42. The van der Waals surface area contributed by atoms with Crippen molar-refractivity contribution in [3.05, 3.63) is 29.6 Å². The summed E-state index contributed by atoms with van der Waals surface area (Å²) >= 11 is 0. The zero-order chi connectivity index (χ0) is 15.0. The SMILES string of the molecule is COc1cccc(C2(N)CCC(C(C)(C)C)CC2)c1F. The van der Waals surface area contributed by atoms with Crippen LogP contribution in [0.3, 0.4) is 0 Å². The fourth-order valence-corrected chi connectivity index (χ4v) is 3.32. The van der Waals surface area contributed by atoms with Gasteiger partial charge in [-0.1, -0.05) is 32.9 Å². The van der Waals surface area contributed by atoms with Crippen LogP contribution < -0.4 is 10.5 Å². The molecule has 0 heterocycles. The van der Waals surface area contributed by atoms with Crippen LogP contribution in [0.5, 0.6) is 5.75 Å². The van der Waals surface area contributed by atoms with Gasteiger partial charge in [0.05, 0.1) is 7.11 Å². The standard InChI is InChI=1S/C17H26FNO/c1-16(2,3)12-8-10-17(19,11-9-12)13-6-5-7-14(20-4)15(13)18/h5-7,12H,8-11,19H2,1-4H3. The van der Waals surface area contributed by atoms with E-state index in [4.69, 9.17) is 10.5 Å². The first-order chi connectivity index (χ1) is 9.28. The molecule has 0 saturated heterocycles. The number of hydrogen-bond donors (Lipinski definition) is 1. The van der Waals surface area contributed by atoms with Crippen LogP contribution in [-0.4, -0.2) is 7.11 Å². The lowest BCUT2D eigenvalue weighted by atomic mass is 9.66. The van der Waals surface area contributed by atoms with Gasteiger partial charge in [0, 0.05) is 11.1 Å². The van der Waals surface area contributed by atoms with E-state index in [1.807, 2.05) is 6.07 Å². The molecule has 0 spiro atoms. The Hall–Kier alpha value is -1.09. The maximum atomic E-state index is 14.4. The number of methoxy groups -OCH3 is 1. The summed E-state index contributed by atoms with van der Waals surface area (Å²) in [5.74, 6) is 0.643. The first-order valence-corrected chi connectivity index (χ1v) is 7.40. The van der Waals surface area contributed by atoms with Gasteiger partial charge < -0.3 is 10.5 Å². The molecule has 1 aromatic carbocycles. The van der Waals surface area contributed by atoms with Gasteiger partial charge in [0.15, 0.2) is 11.6 Å². The van der Waals surface area contributed by atoms with Crippen LogP contribution in [0, 0.1) is 17.2 Å². The van der Waals surface area contributed by atoms with Crippen LogP contribution in [0.2, 0.25) is 0 Å². The Labute approximate surface area is 121 Å². The second kappa shape index (κ2) is 5.36. The van der Waals surface area contributed by atoms with E-state index >= 15 is 0 Å². The quantitative estimate of drug-likeness (QED) is 0.879. The molecule has 1 aliphatic rings. The van der Waals surface area contributed by atoms with Crippen molar-refractivity contribution in [3.63, 3.8) is 0 Å². The summed E-state index contributed by atoms with van der Waals surface area (Å²) in [5.41, 5.74) is 6.86. The average molecular weight is 279 g/mol. The van der Waals surface area contributed by atoms with Crippen molar-refractivity contribution in [1.82, 2.24) is 0 Å². The Bertz CT molecular complexity index is 470. The van der Waals surface area contributed by atoms with Crippen LogP contribution in [0.1, 0.15) is 52.0 Å². The molecule has 0 unspecified atom stereocenters. The zero-order valence-electron chi connectivity index (χ0n) is 13.0. The smallest absolute Gasteiger partial charge is 0.170 e. The molecule has 1 aliphatic carbocycles. The molecule has 0 atom stereocenters. The fraction of sp³-hybridized carbons (Fsp3) is 0.647. The zero-order valence-corrected chi connectivity index (χ0v) is 13.0. The van der Waals surface area contributed by atoms with Gasteiger partial charge in [-0.25, -0.2) is 4.39 Å². The highest BCUT2D eigenvalue weighted by molar-refractivity contribution is 5.36. The number of ether oxygens (including phenoxy) is 1. The van der Waals surface area contributed by atoms with Crippen LogP contribution in [-0.2, 0) is 5.54 Å². The van der Waals surface area contributed by atoms with Gasteiger partial charge in [-0.3, -0.25) is 0 Å². The summed E-state index contributed by atoms with van der Waals surface area (Å²) in [4.78, 5) is 0. The molecule has 0 aromatic heterocycles. The van der Waals surface area contributed by atoms with E-state index in [0.717, 1.165) is 25.7 Å². The Morgan fingerprint density at radius 1 is 1.25 bits per heavy atom. The van der Waals surface area contributed by atoms with Gasteiger partial charge in [-0.05, 0) is 43.1 Å². The van der Waals surface area contributed by atoms with Crippen molar-refractivity contribution in [2.24, 2.45) is 17.1 Å². The summed E-state index contributed by atoms with van der Waals surface area (Å²) in [5, 5.41) is 0. The highest BCUT2D eigenvalue weighted by atomic mass is 19.1. The number of benzene rings is 1. The van der Waals surface area contributed by atoms with E-state index < -0.39 is 5.54 Å². The minimum absolute atomic E-state index is 0.283. The monoisotopic (exact) mass is 279 g/mol. The van der Waals surface area contributed by atoms with E-state index in [1.54, 1.807) is 12.1 Å². The third-order valence-electron chi connectivity index (χ3n) is 4.82. The Balaban J connectivity index is 2.22. The van der Waals surface area contributed by atoms with Crippen molar-refractivity contribution in [3.8, 4) is 5.75 Å². The molecule has 1 aromatic rings. The van der Waals surface area contributed by atoms with Crippen LogP contribution in [0.25, 0.3) is 0 Å². The van der Waals surface area contributed by atoms with Crippen molar-refractivity contribution in [1.29, 1.82) is 0 Å². The average Bonchev–Trinajstić information content (AvgIpc) is 2.38. The second-order valence-corrected chi connectivity index (χ2v) is 7.12.